The Kier molecular flexibility index (Phi) is 6.49. The molecule has 1 atom stereocenters. The molecule has 2 aromatic carbocycles. The van der Waals surface area contributed by atoms with E-state index in [0.29, 0.717) is 5.56 Å². The summed E-state index contributed by atoms with van der Waals surface area (Å²) in [5, 5.41) is 11.2. The van der Waals surface area contributed by atoms with E-state index >= 15 is 0 Å². The number of carboxylic acids is 1. The standard InChI is InChI=1S/C25H18Cl2F4N4O5/c1-23(10-12-2-4-14(5-3-12)40-25(29,30)31)20(37)34(13-8-15(26)18(28)16(27)9-13)22-32-11-17(35(22)23)19(36)33-24(6-7-24)21(38)39/h2-5,8-9,11H,6-7,10H2,1H3,(H,33,36)(H,38,39). The number of amides is 2. The van der Waals surface area contributed by atoms with E-state index in [4.69, 9.17) is 23.2 Å². The molecule has 1 aliphatic carbocycles. The molecule has 0 radical (unpaired) electrons. The molecule has 1 aromatic heterocycles. The van der Waals surface area contributed by atoms with E-state index in [9.17, 15) is 37.1 Å². The molecule has 9 nitrogen and oxygen atoms in total. The highest BCUT2D eigenvalue weighted by Crippen LogP contribution is 2.44. The van der Waals surface area contributed by atoms with Gasteiger partial charge in [0, 0.05) is 6.42 Å². The molecule has 3 aromatic rings. The maximum Gasteiger partial charge on any atom is 0.573 e. The summed E-state index contributed by atoms with van der Waals surface area (Å²) in [4.78, 5) is 44.2. The average molecular weight is 601 g/mol. The molecular formula is C25H18Cl2F4N4O5. The lowest BCUT2D eigenvalue weighted by Gasteiger charge is -2.27. The molecule has 1 unspecified atom stereocenters. The fourth-order valence-corrected chi connectivity index (χ4v) is 5.11. The first-order valence-electron chi connectivity index (χ1n) is 11.6. The summed E-state index contributed by atoms with van der Waals surface area (Å²) < 4.78 is 57.1. The van der Waals surface area contributed by atoms with Gasteiger partial charge in [0.15, 0.2) is 5.82 Å². The number of ether oxygens (including phenoxy) is 1. The Bertz CT molecular complexity index is 1530. The third kappa shape index (κ3) is 4.73. The number of carbonyl (C=O) groups is 3. The van der Waals surface area contributed by atoms with E-state index < -0.39 is 46.8 Å². The highest BCUT2D eigenvalue weighted by molar-refractivity contribution is 6.35. The molecule has 2 amide bonds. The molecule has 2 N–H and O–H groups in total. The van der Waals surface area contributed by atoms with Gasteiger partial charge in [-0.2, -0.15) is 0 Å². The van der Waals surface area contributed by atoms with Crippen LogP contribution in [-0.4, -0.2) is 44.3 Å². The topological polar surface area (TPSA) is 114 Å². The van der Waals surface area contributed by atoms with Gasteiger partial charge in [-0.25, -0.2) is 19.1 Å². The first-order chi connectivity index (χ1) is 18.6. The lowest BCUT2D eigenvalue weighted by atomic mass is 9.91. The lowest BCUT2D eigenvalue weighted by molar-refractivity contribution is -0.274. The first-order valence-corrected chi connectivity index (χ1v) is 12.4. The summed E-state index contributed by atoms with van der Waals surface area (Å²) in [7, 11) is 0. The van der Waals surface area contributed by atoms with Gasteiger partial charge in [-0.05, 0) is 49.6 Å². The third-order valence-corrected chi connectivity index (χ3v) is 7.33. The molecule has 0 bridgehead atoms. The van der Waals surface area contributed by atoms with Crippen molar-refractivity contribution in [3.8, 4) is 5.75 Å². The quantitative estimate of drug-likeness (QED) is 0.284. The second-order valence-electron chi connectivity index (χ2n) is 9.63. The summed E-state index contributed by atoms with van der Waals surface area (Å²) >= 11 is 11.9. The van der Waals surface area contributed by atoms with Crippen LogP contribution in [0.4, 0.5) is 29.2 Å². The minimum Gasteiger partial charge on any atom is -0.480 e. The van der Waals surface area contributed by atoms with Crippen LogP contribution in [0, 0.1) is 5.82 Å². The highest BCUT2D eigenvalue weighted by atomic mass is 35.5. The smallest absolute Gasteiger partial charge is 0.480 e. The normalized spacial score (nSPS) is 19.4. The number of alkyl halides is 3. The number of aromatic nitrogens is 2. The van der Waals surface area contributed by atoms with Crippen LogP contribution in [0.2, 0.25) is 10.0 Å². The van der Waals surface area contributed by atoms with Crippen LogP contribution in [0.3, 0.4) is 0 Å². The predicted octanol–water partition coefficient (Wildman–Crippen LogP) is 5.21. The number of nitrogens with zero attached hydrogens (tertiary/aromatic N) is 3. The molecule has 5 rings (SSSR count). The zero-order valence-corrected chi connectivity index (χ0v) is 21.9. The molecule has 2 heterocycles. The summed E-state index contributed by atoms with van der Waals surface area (Å²) in [5.41, 5.74) is -2.73. The maximum atomic E-state index is 14.1. The SMILES string of the molecule is CC1(Cc2ccc(OC(F)(F)F)cc2)C(=O)N(c2cc(Cl)c(F)c(Cl)c2)c2ncc(C(=O)NC3(C(=O)O)CC3)n21. The maximum absolute atomic E-state index is 14.1. The van der Waals surface area contributed by atoms with Gasteiger partial charge < -0.3 is 15.2 Å². The summed E-state index contributed by atoms with van der Waals surface area (Å²) in [6.07, 6.45) is -3.43. The monoisotopic (exact) mass is 600 g/mol. The van der Waals surface area contributed by atoms with Gasteiger partial charge in [0.05, 0.1) is 21.9 Å². The Labute approximate surface area is 233 Å². The van der Waals surface area contributed by atoms with E-state index in [1.165, 1.54) is 23.6 Å². The number of nitrogens with one attached hydrogen (secondary N) is 1. The molecule has 15 heteroatoms. The first kappa shape index (κ1) is 27.7. The molecule has 0 saturated heterocycles. The number of aliphatic carboxylic acids is 1. The Balaban J connectivity index is 1.58. The molecule has 0 spiro atoms. The Morgan fingerprint density at radius 2 is 1.75 bits per heavy atom. The average Bonchev–Trinajstić information content (AvgIpc) is 3.46. The van der Waals surface area contributed by atoms with Crippen molar-refractivity contribution in [1.82, 2.24) is 14.9 Å². The van der Waals surface area contributed by atoms with Crippen LogP contribution >= 0.6 is 23.2 Å². The van der Waals surface area contributed by atoms with Crippen molar-refractivity contribution in [2.75, 3.05) is 4.90 Å². The number of anilines is 2. The summed E-state index contributed by atoms with van der Waals surface area (Å²) in [5.74, 6) is -4.09. The second kappa shape index (κ2) is 9.37. The summed E-state index contributed by atoms with van der Waals surface area (Å²) in [6.45, 7) is 1.48. The van der Waals surface area contributed by atoms with Gasteiger partial charge in [0.2, 0.25) is 5.95 Å². The Morgan fingerprint density at radius 3 is 2.27 bits per heavy atom. The zero-order valence-electron chi connectivity index (χ0n) is 20.4. The second-order valence-corrected chi connectivity index (χ2v) is 10.4. The van der Waals surface area contributed by atoms with Gasteiger partial charge >= 0.3 is 12.3 Å². The molecule has 1 saturated carbocycles. The van der Waals surface area contributed by atoms with Gasteiger partial charge in [-0.15, -0.1) is 13.2 Å². The third-order valence-electron chi connectivity index (χ3n) is 6.78. The van der Waals surface area contributed by atoms with E-state index in [2.05, 4.69) is 15.0 Å². The van der Waals surface area contributed by atoms with Crippen LogP contribution in [0.15, 0.2) is 42.6 Å². The van der Waals surface area contributed by atoms with Crippen molar-refractivity contribution < 1.29 is 41.8 Å². The number of imidazole rings is 1. The minimum absolute atomic E-state index is 0.0436. The van der Waals surface area contributed by atoms with Crippen LogP contribution in [0.25, 0.3) is 0 Å². The number of hydrogen-bond acceptors (Lipinski definition) is 5. The molecule has 40 heavy (non-hydrogen) atoms. The fourth-order valence-electron chi connectivity index (χ4n) is 4.64. The van der Waals surface area contributed by atoms with Gasteiger partial charge in [-0.1, -0.05) is 35.3 Å². The van der Waals surface area contributed by atoms with Crippen LogP contribution in [0.1, 0.15) is 35.8 Å². The van der Waals surface area contributed by atoms with Gasteiger partial charge in [0.25, 0.3) is 11.8 Å². The molecular weight excluding hydrogens is 583 g/mol. The number of carboxylic acid groups (broad SMARTS) is 1. The molecule has 2 aliphatic rings. The highest BCUT2D eigenvalue weighted by Gasteiger charge is 2.54. The Morgan fingerprint density at radius 1 is 1.15 bits per heavy atom. The number of carbonyl (C=O) groups excluding carboxylic acids is 2. The van der Waals surface area contributed by atoms with E-state index in [1.54, 1.807) is 0 Å². The van der Waals surface area contributed by atoms with E-state index in [-0.39, 0.29) is 46.6 Å². The number of benzene rings is 2. The minimum atomic E-state index is -4.89. The van der Waals surface area contributed by atoms with Crippen molar-refractivity contribution in [1.29, 1.82) is 0 Å². The van der Waals surface area contributed by atoms with E-state index in [0.717, 1.165) is 35.4 Å². The number of halogens is 6. The van der Waals surface area contributed by atoms with E-state index in [1.807, 2.05) is 0 Å². The summed E-state index contributed by atoms with van der Waals surface area (Å²) in [6, 6.07) is 7.11. The van der Waals surface area contributed by atoms with Crippen molar-refractivity contribution >= 4 is 52.6 Å². The van der Waals surface area contributed by atoms with Crippen LogP contribution in [-0.2, 0) is 21.5 Å². The largest absolute Gasteiger partial charge is 0.573 e. The number of rotatable bonds is 7. The predicted molar refractivity (Wildman–Crippen MR) is 133 cm³/mol. The van der Waals surface area contributed by atoms with Crippen molar-refractivity contribution in [3.05, 3.63) is 69.7 Å². The van der Waals surface area contributed by atoms with Crippen molar-refractivity contribution in [2.45, 2.75) is 43.6 Å². The van der Waals surface area contributed by atoms with Crippen LogP contribution in [0.5, 0.6) is 5.75 Å². The number of fused-ring (bicyclic) bond motifs is 1. The molecule has 210 valence electrons. The fraction of sp³-hybridized carbons (Fsp3) is 0.280. The lowest BCUT2D eigenvalue weighted by Crippen LogP contribution is -2.46. The molecule has 1 aliphatic heterocycles. The van der Waals surface area contributed by atoms with Crippen molar-refractivity contribution in [2.24, 2.45) is 0 Å². The van der Waals surface area contributed by atoms with Gasteiger partial charge in [-0.3, -0.25) is 14.2 Å². The Hall–Kier alpha value is -3.84. The van der Waals surface area contributed by atoms with Gasteiger partial charge in [0.1, 0.15) is 22.5 Å². The van der Waals surface area contributed by atoms with Crippen molar-refractivity contribution in [3.63, 3.8) is 0 Å². The molecule has 1 fully saturated rings. The zero-order chi connectivity index (χ0) is 29.2. The number of hydrogen-bond donors (Lipinski definition) is 2. The van der Waals surface area contributed by atoms with Crippen LogP contribution < -0.4 is 15.0 Å².